The van der Waals surface area contributed by atoms with Crippen molar-refractivity contribution < 1.29 is 19.4 Å². The van der Waals surface area contributed by atoms with Crippen LogP contribution in [0.15, 0.2) is 4.47 Å². The Morgan fingerprint density at radius 3 is 2.37 bits per heavy atom. The van der Waals surface area contributed by atoms with Gasteiger partial charge < -0.3 is 14.7 Å². The predicted molar refractivity (Wildman–Crippen MR) is 109 cm³/mol. The molecule has 1 aromatic rings. The van der Waals surface area contributed by atoms with Crippen LogP contribution in [0.2, 0.25) is 5.15 Å². The van der Waals surface area contributed by atoms with Crippen LogP contribution in [-0.4, -0.2) is 41.0 Å². The lowest BCUT2D eigenvalue weighted by Gasteiger charge is -2.40. The second-order valence-electron chi connectivity index (χ2n) is 8.58. The van der Waals surface area contributed by atoms with Gasteiger partial charge in [0.05, 0.1) is 21.3 Å². The Hall–Kier alpha value is -1.18. The summed E-state index contributed by atoms with van der Waals surface area (Å²) in [6, 6.07) is 0. The van der Waals surface area contributed by atoms with Crippen LogP contribution in [0.1, 0.15) is 69.6 Å². The molecule has 0 amide bonds. The molecule has 0 spiro atoms. The van der Waals surface area contributed by atoms with Crippen LogP contribution >= 0.6 is 27.5 Å². The minimum Gasteiger partial charge on any atom is -0.479 e. The third kappa shape index (κ3) is 5.21. The molecule has 1 fully saturated rings. The van der Waals surface area contributed by atoms with E-state index in [9.17, 15) is 14.7 Å². The molecule has 0 aromatic carbocycles. The molecule has 1 aromatic heterocycles. The summed E-state index contributed by atoms with van der Waals surface area (Å²) in [5.74, 6) is -1.15. The number of nitrogens with zero attached hydrogens (tertiary/aromatic N) is 2. The van der Waals surface area contributed by atoms with Crippen LogP contribution in [0, 0.1) is 5.41 Å². The Bertz CT molecular complexity index is 736. The molecule has 150 valence electrons. The van der Waals surface area contributed by atoms with Crippen LogP contribution in [-0.2, 0) is 9.53 Å². The second kappa shape index (κ2) is 8.05. The summed E-state index contributed by atoms with van der Waals surface area (Å²) < 4.78 is 6.25. The molecule has 0 radical (unpaired) electrons. The molecule has 27 heavy (non-hydrogen) atoms. The number of aliphatic carboxylic acids is 1. The molecule has 0 bridgehead atoms. The summed E-state index contributed by atoms with van der Waals surface area (Å²) in [4.78, 5) is 29.6. The number of halogens is 2. The Morgan fingerprint density at radius 2 is 1.93 bits per heavy atom. The maximum Gasteiger partial charge on any atom is 0.337 e. The van der Waals surface area contributed by atoms with E-state index in [-0.39, 0.29) is 21.8 Å². The van der Waals surface area contributed by atoms with E-state index in [1.165, 1.54) is 0 Å². The summed E-state index contributed by atoms with van der Waals surface area (Å²) in [5.41, 5.74) is 0.495. The van der Waals surface area contributed by atoms with Gasteiger partial charge in [-0.15, -0.1) is 0 Å². The highest BCUT2D eigenvalue weighted by molar-refractivity contribution is 9.10. The zero-order valence-electron chi connectivity index (χ0n) is 16.3. The Balaban J connectivity index is 2.63. The number of rotatable bonds is 5. The van der Waals surface area contributed by atoms with Crippen LogP contribution < -0.4 is 4.90 Å². The molecule has 1 unspecified atom stereocenters. The van der Waals surface area contributed by atoms with Crippen molar-refractivity contribution in [2.45, 2.75) is 59.2 Å². The molecule has 1 aliphatic rings. The summed E-state index contributed by atoms with van der Waals surface area (Å²) in [5, 5.41) is 9.79. The molecule has 2 heterocycles. The fourth-order valence-electron chi connectivity index (χ4n) is 3.09. The largest absolute Gasteiger partial charge is 0.479 e. The number of piperidine rings is 1. The molecule has 1 aliphatic heterocycles. The number of carboxylic acids is 1. The first-order valence-corrected chi connectivity index (χ1v) is 10.0. The van der Waals surface area contributed by atoms with Gasteiger partial charge in [-0.1, -0.05) is 25.4 Å². The minimum absolute atomic E-state index is 0.0308. The van der Waals surface area contributed by atoms with Crippen molar-refractivity contribution in [3.8, 4) is 0 Å². The first-order chi connectivity index (χ1) is 12.4. The van der Waals surface area contributed by atoms with Crippen molar-refractivity contribution in [1.82, 2.24) is 4.98 Å². The van der Waals surface area contributed by atoms with E-state index in [1.807, 2.05) is 0 Å². The lowest BCUT2D eigenvalue weighted by atomic mass is 9.82. The molecule has 1 atom stereocenters. The fraction of sp³-hybridized carbons (Fsp3) is 0.632. The molecule has 1 saturated heterocycles. The quantitative estimate of drug-likeness (QED) is 0.497. The molecule has 2 rings (SSSR count). The van der Waals surface area contributed by atoms with E-state index in [1.54, 1.807) is 20.8 Å². The normalized spacial score (nSPS) is 18.3. The van der Waals surface area contributed by atoms with Crippen LogP contribution in [0.3, 0.4) is 0 Å². The average Bonchev–Trinajstić information content (AvgIpc) is 2.54. The molecule has 6 nitrogen and oxygen atoms in total. The molecule has 8 heteroatoms. The topological polar surface area (TPSA) is 79.7 Å². The Labute approximate surface area is 173 Å². The highest BCUT2D eigenvalue weighted by Gasteiger charge is 2.36. The van der Waals surface area contributed by atoms with Crippen molar-refractivity contribution in [3.63, 3.8) is 0 Å². The van der Waals surface area contributed by atoms with Crippen molar-refractivity contribution in [1.29, 1.82) is 0 Å². The first kappa shape index (κ1) is 22.1. The highest BCUT2D eigenvalue weighted by Crippen LogP contribution is 2.44. The number of ether oxygens (including phenoxy) is 1. The van der Waals surface area contributed by atoms with E-state index in [4.69, 9.17) is 16.3 Å². The number of carbonyl (C=O) groups excluding carboxylic acids is 1. The molecule has 0 aliphatic carbocycles. The van der Waals surface area contributed by atoms with Crippen LogP contribution in [0.5, 0.6) is 0 Å². The monoisotopic (exact) mass is 460 g/mol. The number of aldehydes is 1. The summed E-state index contributed by atoms with van der Waals surface area (Å²) in [6.45, 7) is 11.2. The smallest absolute Gasteiger partial charge is 0.337 e. The number of pyridine rings is 1. The summed E-state index contributed by atoms with van der Waals surface area (Å²) >= 11 is 9.81. The number of aromatic nitrogens is 1. The summed E-state index contributed by atoms with van der Waals surface area (Å²) in [6.07, 6.45) is 1.18. The Morgan fingerprint density at radius 1 is 1.37 bits per heavy atom. The van der Waals surface area contributed by atoms with E-state index >= 15 is 0 Å². The van der Waals surface area contributed by atoms with Crippen molar-refractivity contribution in [2.24, 2.45) is 5.41 Å². The second-order valence-corrected chi connectivity index (χ2v) is 9.73. The molecular formula is C19H26BrClN2O4. The van der Waals surface area contributed by atoms with Crippen molar-refractivity contribution in [3.05, 3.63) is 20.9 Å². The number of carboxylic acid groups (broad SMARTS) is 1. The Kier molecular flexibility index (Phi) is 6.59. The van der Waals surface area contributed by atoms with Gasteiger partial charge in [-0.2, -0.15) is 0 Å². The van der Waals surface area contributed by atoms with Crippen molar-refractivity contribution in [2.75, 3.05) is 18.0 Å². The van der Waals surface area contributed by atoms with Gasteiger partial charge in [0.2, 0.25) is 0 Å². The summed E-state index contributed by atoms with van der Waals surface area (Å²) in [7, 11) is 0. The van der Waals surface area contributed by atoms with Gasteiger partial charge in [0.1, 0.15) is 10.8 Å². The molecule has 1 N–H and O–H groups in total. The third-order valence-electron chi connectivity index (χ3n) is 4.63. The van der Waals surface area contributed by atoms with Gasteiger partial charge in [0.15, 0.2) is 12.4 Å². The zero-order chi connectivity index (χ0) is 20.6. The van der Waals surface area contributed by atoms with Gasteiger partial charge in [-0.05, 0) is 55.0 Å². The highest BCUT2D eigenvalue weighted by atomic mass is 79.9. The van der Waals surface area contributed by atoms with E-state index < -0.39 is 17.7 Å². The maximum absolute atomic E-state index is 12.0. The SMILES string of the molecule is CC1(C)CCN(c2c(Br)c(C=O)nc(Cl)c2C(OC(C)(C)C)C(=O)O)CC1. The number of hydrogen-bond donors (Lipinski definition) is 1. The van der Waals surface area contributed by atoms with Gasteiger partial charge >= 0.3 is 5.97 Å². The van der Waals surface area contributed by atoms with E-state index in [0.717, 1.165) is 25.9 Å². The lowest BCUT2D eigenvalue weighted by Crippen LogP contribution is -2.39. The molecule has 0 saturated carbocycles. The van der Waals surface area contributed by atoms with Gasteiger partial charge in [-0.25, -0.2) is 9.78 Å². The lowest BCUT2D eigenvalue weighted by molar-refractivity contribution is -0.160. The number of hydrogen-bond acceptors (Lipinski definition) is 5. The van der Waals surface area contributed by atoms with Crippen LogP contribution in [0.25, 0.3) is 0 Å². The standard InChI is InChI=1S/C19H26BrClN2O4/c1-18(2,3)27-15(17(25)26)12-14(13(20)11(10-24)22-16(12)21)23-8-6-19(4,5)7-9-23/h10,15H,6-9H2,1-5H3,(H,25,26). The van der Waals surface area contributed by atoms with Crippen molar-refractivity contribution >= 4 is 45.5 Å². The minimum atomic E-state index is -1.30. The van der Waals surface area contributed by atoms with E-state index in [0.29, 0.717) is 16.4 Å². The maximum atomic E-state index is 12.0. The van der Waals surface area contributed by atoms with Gasteiger partial charge in [-0.3, -0.25) is 4.79 Å². The average molecular weight is 462 g/mol. The van der Waals surface area contributed by atoms with Gasteiger partial charge in [0.25, 0.3) is 0 Å². The predicted octanol–water partition coefficient (Wildman–Crippen LogP) is 4.88. The number of carbonyl (C=O) groups is 2. The molecular weight excluding hydrogens is 436 g/mol. The number of anilines is 1. The van der Waals surface area contributed by atoms with E-state index in [2.05, 4.69) is 39.7 Å². The first-order valence-electron chi connectivity index (χ1n) is 8.86. The fourth-order valence-corrected chi connectivity index (χ4v) is 4.02. The van der Waals surface area contributed by atoms with Crippen LogP contribution in [0.4, 0.5) is 5.69 Å². The zero-order valence-corrected chi connectivity index (χ0v) is 18.6. The third-order valence-corrected chi connectivity index (χ3v) is 5.70. The van der Waals surface area contributed by atoms with Gasteiger partial charge in [0, 0.05) is 13.1 Å².